The van der Waals surface area contributed by atoms with Gasteiger partial charge in [0, 0.05) is 5.56 Å². The van der Waals surface area contributed by atoms with Crippen molar-refractivity contribution in [3.63, 3.8) is 0 Å². The van der Waals surface area contributed by atoms with Crippen molar-refractivity contribution in [2.45, 2.75) is 18.9 Å². The fourth-order valence-corrected chi connectivity index (χ4v) is 2.80. The van der Waals surface area contributed by atoms with Crippen molar-refractivity contribution in [3.05, 3.63) is 71.8 Å². The zero-order valence-corrected chi connectivity index (χ0v) is 13.3. The normalized spacial score (nSPS) is 19.3. The van der Waals surface area contributed by atoms with Gasteiger partial charge in [-0.3, -0.25) is 10.2 Å². The summed E-state index contributed by atoms with van der Waals surface area (Å²) in [5, 5.41) is 4.17. The first-order valence-corrected chi connectivity index (χ1v) is 7.86. The molecule has 2 aromatic rings. The number of esters is 1. The number of Topliss-reactive ketones (excluding diaryl/α,β-unsaturated/α-hetero) is 1. The van der Waals surface area contributed by atoms with Crippen LogP contribution in [0.4, 0.5) is 0 Å². The first kappa shape index (κ1) is 15.9. The van der Waals surface area contributed by atoms with Crippen molar-refractivity contribution < 1.29 is 14.3 Å². The van der Waals surface area contributed by atoms with E-state index in [0.29, 0.717) is 11.3 Å². The van der Waals surface area contributed by atoms with Crippen LogP contribution in [0.25, 0.3) is 0 Å². The van der Waals surface area contributed by atoms with Crippen molar-refractivity contribution in [1.29, 1.82) is 0 Å². The summed E-state index contributed by atoms with van der Waals surface area (Å²) in [7, 11) is 0. The third-order valence-electron chi connectivity index (χ3n) is 3.92. The maximum Gasteiger partial charge on any atom is 0.331 e. The SMILES string of the molecule is CCOC(=O)[C@H]1NN=C(C(=O)c2ccccc2)[C@H]1c1ccccc1. The molecule has 0 unspecified atom stereocenters. The predicted octanol–water partition coefficient (Wildman–Crippen LogP) is 2.54. The molecule has 5 nitrogen and oxygen atoms in total. The molecule has 2 atom stereocenters. The molecular weight excluding hydrogens is 304 g/mol. The van der Waals surface area contributed by atoms with Crippen molar-refractivity contribution in [2.24, 2.45) is 5.10 Å². The van der Waals surface area contributed by atoms with Crippen molar-refractivity contribution in [2.75, 3.05) is 6.61 Å². The zero-order chi connectivity index (χ0) is 16.9. The number of hydrogen-bond donors (Lipinski definition) is 1. The standard InChI is InChI=1S/C19H18N2O3/c1-2-24-19(23)17-15(13-9-5-3-6-10-13)16(20-21-17)18(22)14-11-7-4-8-12-14/h3-12,15,17,21H,2H2,1H3/t15-,17+/m1/s1. The smallest absolute Gasteiger partial charge is 0.331 e. The molecular formula is C19H18N2O3. The Hall–Kier alpha value is -2.95. The molecule has 2 aromatic carbocycles. The highest BCUT2D eigenvalue weighted by molar-refractivity contribution is 6.48. The summed E-state index contributed by atoms with van der Waals surface area (Å²) < 4.78 is 5.13. The van der Waals surface area contributed by atoms with Crippen LogP contribution in [0.15, 0.2) is 65.8 Å². The summed E-state index contributed by atoms with van der Waals surface area (Å²) in [6.45, 7) is 2.03. The quantitative estimate of drug-likeness (QED) is 0.678. The Morgan fingerprint density at radius 3 is 2.29 bits per heavy atom. The summed E-state index contributed by atoms with van der Waals surface area (Å²) in [5.41, 5.74) is 4.50. The van der Waals surface area contributed by atoms with Crippen LogP contribution in [-0.2, 0) is 9.53 Å². The number of ether oxygens (including phenoxy) is 1. The van der Waals surface area contributed by atoms with Crippen LogP contribution in [0.3, 0.4) is 0 Å². The molecule has 1 N–H and O–H groups in total. The van der Waals surface area contributed by atoms with Crippen LogP contribution in [0.2, 0.25) is 0 Å². The molecule has 0 saturated heterocycles. The van der Waals surface area contributed by atoms with E-state index < -0.39 is 17.9 Å². The lowest BCUT2D eigenvalue weighted by molar-refractivity contribution is -0.145. The number of benzene rings is 2. The third-order valence-corrected chi connectivity index (χ3v) is 3.92. The first-order chi connectivity index (χ1) is 11.7. The van der Waals surface area contributed by atoms with Gasteiger partial charge in [-0.25, -0.2) is 4.79 Å². The maximum atomic E-state index is 12.8. The molecule has 24 heavy (non-hydrogen) atoms. The van der Waals surface area contributed by atoms with Gasteiger partial charge >= 0.3 is 5.97 Å². The molecule has 0 fully saturated rings. The van der Waals surface area contributed by atoms with Crippen LogP contribution in [0.1, 0.15) is 28.8 Å². The van der Waals surface area contributed by atoms with Crippen LogP contribution in [0.5, 0.6) is 0 Å². The lowest BCUT2D eigenvalue weighted by Gasteiger charge is -2.19. The van der Waals surface area contributed by atoms with Gasteiger partial charge in [-0.1, -0.05) is 60.7 Å². The number of carbonyl (C=O) groups is 2. The molecule has 0 saturated carbocycles. The second-order valence-electron chi connectivity index (χ2n) is 5.44. The minimum atomic E-state index is -0.699. The van der Waals surface area contributed by atoms with E-state index in [1.165, 1.54) is 0 Å². The van der Waals surface area contributed by atoms with E-state index >= 15 is 0 Å². The zero-order valence-electron chi connectivity index (χ0n) is 13.3. The maximum absolute atomic E-state index is 12.8. The molecule has 1 aliphatic heterocycles. The third kappa shape index (κ3) is 3.06. The molecule has 1 heterocycles. The fourth-order valence-electron chi connectivity index (χ4n) is 2.80. The minimum absolute atomic E-state index is 0.191. The van der Waals surface area contributed by atoms with Gasteiger partial charge < -0.3 is 4.74 Å². The number of nitrogens with one attached hydrogen (secondary N) is 1. The Kier molecular flexibility index (Phi) is 4.70. The predicted molar refractivity (Wildman–Crippen MR) is 90.9 cm³/mol. The van der Waals surface area contributed by atoms with Crippen molar-refractivity contribution in [1.82, 2.24) is 5.43 Å². The number of nitrogens with zero attached hydrogens (tertiary/aromatic N) is 1. The number of hydrogen-bond acceptors (Lipinski definition) is 5. The molecule has 1 aliphatic rings. The lowest BCUT2D eigenvalue weighted by atomic mass is 9.85. The van der Waals surface area contributed by atoms with Gasteiger partial charge in [-0.05, 0) is 12.5 Å². The average molecular weight is 322 g/mol. The number of carbonyl (C=O) groups excluding carboxylic acids is 2. The van der Waals surface area contributed by atoms with E-state index in [0.717, 1.165) is 5.56 Å². The monoisotopic (exact) mass is 322 g/mol. The van der Waals surface area contributed by atoms with Gasteiger partial charge in [0.15, 0.2) is 6.04 Å². The van der Waals surface area contributed by atoms with E-state index in [2.05, 4.69) is 10.5 Å². The van der Waals surface area contributed by atoms with Gasteiger partial charge in [0.25, 0.3) is 0 Å². The van der Waals surface area contributed by atoms with E-state index in [1.807, 2.05) is 36.4 Å². The highest BCUT2D eigenvalue weighted by atomic mass is 16.5. The van der Waals surface area contributed by atoms with E-state index in [9.17, 15) is 9.59 Å². The molecule has 0 aromatic heterocycles. The Morgan fingerprint density at radius 1 is 1.04 bits per heavy atom. The molecule has 0 radical (unpaired) electrons. The summed E-state index contributed by atoms with van der Waals surface area (Å²) in [6, 6.07) is 17.6. The Morgan fingerprint density at radius 2 is 1.67 bits per heavy atom. The fraction of sp³-hybridized carbons (Fsp3) is 0.211. The highest BCUT2D eigenvalue weighted by Crippen LogP contribution is 2.28. The molecule has 3 rings (SSSR count). The molecule has 122 valence electrons. The van der Waals surface area contributed by atoms with Crippen LogP contribution < -0.4 is 5.43 Å². The van der Waals surface area contributed by atoms with Crippen LogP contribution >= 0.6 is 0 Å². The second-order valence-corrected chi connectivity index (χ2v) is 5.44. The Labute approximate surface area is 140 Å². The summed E-state index contributed by atoms with van der Waals surface area (Å²) in [5.74, 6) is -1.08. The van der Waals surface area contributed by atoms with E-state index in [4.69, 9.17) is 4.74 Å². The summed E-state index contributed by atoms with van der Waals surface area (Å²) >= 11 is 0. The molecule has 0 amide bonds. The van der Waals surface area contributed by atoms with Gasteiger partial charge in [-0.2, -0.15) is 5.10 Å². The van der Waals surface area contributed by atoms with Crippen molar-refractivity contribution in [3.8, 4) is 0 Å². The first-order valence-electron chi connectivity index (χ1n) is 7.86. The lowest BCUT2D eigenvalue weighted by Crippen LogP contribution is -2.38. The Bertz CT molecular complexity index is 757. The largest absolute Gasteiger partial charge is 0.464 e. The van der Waals surface area contributed by atoms with E-state index in [1.54, 1.807) is 31.2 Å². The molecule has 5 heteroatoms. The van der Waals surface area contributed by atoms with Crippen LogP contribution in [0, 0.1) is 0 Å². The number of hydrazone groups is 1. The van der Waals surface area contributed by atoms with Gasteiger partial charge in [0.2, 0.25) is 5.78 Å². The van der Waals surface area contributed by atoms with Gasteiger partial charge in [0.1, 0.15) is 5.71 Å². The summed E-state index contributed by atoms with van der Waals surface area (Å²) in [6.07, 6.45) is 0. The molecule has 0 spiro atoms. The van der Waals surface area contributed by atoms with E-state index in [-0.39, 0.29) is 12.4 Å². The van der Waals surface area contributed by atoms with Crippen LogP contribution in [-0.4, -0.2) is 30.1 Å². The molecule has 0 aliphatic carbocycles. The average Bonchev–Trinajstić information content (AvgIpc) is 3.08. The second kappa shape index (κ2) is 7.08. The van der Waals surface area contributed by atoms with Crippen molar-refractivity contribution >= 4 is 17.5 Å². The van der Waals surface area contributed by atoms with Gasteiger partial charge in [0.05, 0.1) is 12.5 Å². The molecule has 0 bridgehead atoms. The minimum Gasteiger partial charge on any atom is -0.464 e. The topological polar surface area (TPSA) is 67.8 Å². The van der Waals surface area contributed by atoms with Gasteiger partial charge in [-0.15, -0.1) is 0 Å². The highest BCUT2D eigenvalue weighted by Gasteiger charge is 2.41. The number of rotatable bonds is 5. The Balaban J connectivity index is 1.96. The summed E-state index contributed by atoms with van der Waals surface area (Å²) in [4.78, 5) is 25.1. The number of ketones is 1.